The second kappa shape index (κ2) is 1.86. The predicted molar refractivity (Wildman–Crippen MR) is 20.0 cm³/mol. The van der Waals surface area contributed by atoms with Gasteiger partial charge in [-0.2, -0.15) is 0 Å². The van der Waals surface area contributed by atoms with Crippen molar-refractivity contribution in [2.45, 2.75) is 0 Å². The van der Waals surface area contributed by atoms with Crippen LogP contribution in [0, 0.1) is 5.05 Å². The molecule has 0 unspecified atom stereocenters. The van der Waals surface area contributed by atoms with E-state index >= 15 is 0 Å². The molecule has 0 rings (SSSR count). The Balaban J connectivity index is 2.85. The smallest absolute Gasteiger partial charge is 0.372 e. The first-order valence-corrected chi connectivity index (χ1v) is 2.65. The quantitative estimate of drug-likeness (QED) is 0.175. The molecule has 5 heavy (non-hydrogen) atoms. The van der Waals surface area contributed by atoms with E-state index in [4.69, 9.17) is 10.5 Å². The highest BCUT2D eigenvalue weighted by Gasteiger charge is 1.73. The van der Waals surface area contributed by atoms with E-state index in [9.17, 15) is 0 Å². The van der Waals surface area contributed by atoms with Gasteiger partial charge in [-0.3, -0.25) is 5.84 Å². The fourth-order valence-corrected chi connectivity index (χ4v) is 0. The Kier molecular flexibility index (Phi) is 1.70. The molecule has 0 saturated heterocycles. The summed E-state index contributed by atoms with van der Waals surface area (Å²) < 4.78 is 0. The minimum absolute atomic E-state index is 1.60. The molecule has 0 radical (unpaired) electrons. The zero-order chi connectivity index (χ0) is 4.28. The van der Waals surface area contributed by atoms with Crippen LogP contribution in [0.4, 0.5) is 0 Å². The molecule has 0 aliphatic rings. The SMILES string of the molecule is N=[Si](N)NN. The predicted octanol–water partition coefficient (Wildman–Crippen LogP) is -1.76. The maximum atomic E-state index is 6.47. The lowest BCUT2D eigenvalue weighted by Gasteiger charge is -1.82. The molecule has 0 saturated carbocycles. The van der Waals surface area contributed by atoms with Crippen molar-refractivity contribution in [2.24, 2.45) is 11.2 Å². The van der Waals surface area contributed by atoms with Gasteiger partial charge in [0.2, 0.25) is 0 Å². The number of hydrazine groups is 1. The van der Waals surface area contributed by atoms with Crippen LogP contribution in [0.3, 0.4) is 0 Å². The molecule has 4 nitrogen and oxygen atoms in total. The minimum atomic E-state index is -1.60. The van der Waals surface area contributed by atoms with Gasteiger partial charge in [0.05, 0.1) is 0 Å². The van der Waals surface area contributed by atoms with E-state index in [0.717, 1.165) is 0 Å². The Morgan fingerprint density at radius 2 is 2.00 bits per heavy atom. The van der Waals surface area contributed by atoms with Gasteiger partial charge < -0.3 is 15.5 Å². The van der Waals surface area contributed by atoms with Crippen LogP contribution in [0.15, 0.2) is 0 Å². The topological polar surface area (TPSA) is 87.9 Å². The van der Waals surface area contributed by atoms with E-state index in [0.29, 0.717) is 0 Å². The Labute approximate surface area is 31.4 Å². The minimum Gasteiger partial charge on any atom is -0.402 e. The van der Waals surface area contributed by atoms with Gasteiger partial charge in [-0.25, -0.2) is 0 Å². The summed E-state index contributed by atoms with van der Waals surface area (Å²) in [5, 5.41) is 13.4. The largest absolute Gasteiger partial charge is 0.402 e. The molecular formula is H6N4Si. The van der Waals surface area contributed by atoms with Crippen molar-refractivity contribution in [1.82, 2.24) is 5.09 Å². The molecule has 0 aromatic heterocycles. The first-order chi connectivity index (χ1) is 2.27. The third-order valence-electron chi connectivity index (χ3n) is 0.156. The summed E-state index contributed by atoms with van der Waals surface area (Å²) >= 11 is 0. The zero-order valence-electron chi connectivity index (χ0n) is 2.65. The molecule has 0 aromatic carbocycles. The highest BCUT2D eigenvalue weighted by atomic mass is 28.3. The maximum absolute atomic E-state index is 6.47. The molecular weight excluding hydrogens is 84.1 g/mol. The fraction of sp³-hybridized carbons (Fsp3) is 0. The van der Waals surface area contributed by atoms with Crippen LogP contribution < -0.4 is 16.3 Å². The second-order valence-corrected chi connectivity index (χ2v) is 1.67. The van der Waals surface area contributed by atoms with Crippen LogP contribution in [-0.2, 0) is 0 Å². The van der Waals surface area contributed by atoms with Crippen LogP contribution in [0.25, 0.3) is 0 Å². The van der Waals surface area contributed by atoms with Crippen molar-refractivity contribution in [2.75, 3.05) is 0 Å². The summed E-state index contributed by atoms with van der Waals surface area (Å²) in [4.78, 5) is 0. The molecule has 0 bridgehead atoms. The first kappa shape index (κ1) is 4.58. The molecule has 6 N–H and O–H groups in total. The maximum Gasteiger partial charge on any atom is 0.372 e. The zero-order valence-corrected chi connectivity index (χ0v) is 3.65. The van der Waals surface area contributed by atoms with Crippen LogP contribution in [0.5, 0.6) is 0 Å². The number of hydrogen-bond acceptors (Lipinski definition) is 2. The molecule has 0 amide bonds. The summed E-state index contributed by atoms with van der Waals surface area (Å²) in [5.74, 6) is 4.65. The van der Waals surface area contributed by atoms with E-state index in [2.05, 4.69) is 10.9 Å². The second-order valence-electron chi connectivity index (χ2n) is 0.558. The Bertz CT molecular complexity index is 38.9. The van der Waals surface area contributed by atoms with Crippen molar-refractivity contribution in [1.29, 1.82) is 5.05 Å². The van der Waals surface area contributed by atoms with Crippen LogP contribution >= 0.6 is 0 Å². The van der Waals surface area contributed by atoms with Crippen LogP contribution in [-0.4, -0.2) is 8.91 Å². The lowest BCUT2D eigenvalue weighted by molar-refractivity contribution is 1.04. The molecule has 0 aliphatic heterocycles. The van der Waals surface area contributed by atoms with E-state index in [-0.39, 0.29) is 0 Å². The molecule has 0 aromatic rings. The van der Waals surface area contributed by atoms with Crippen molar-refractivity contribution in [3.8, 4) is 0 Å². The van der Waals surface area contributed by atoms with Gasteiger partial charge in [0.15, 0.2) is 0 Å². The lowest BCUT2D eigenvalue weighted by Crippen LogP contribution is -2.38. The molecule has 30 valence electrons. The summed E-state index contributed by atoms with van der Waals surface area (Å²) in [6.07, 6.45) is 0. The van der Waals surface area contributed by atoms with E-state index < -0.39 is 8.91 Å². The van der Waals surface area contributed by atoms with Crippen molar-refractivity contribution in [3.63, 3.8) is 0 Å². The number of rotatable bonds is 1. The fourth-order valence-electron chi connectivity index (χ4n) is 0. The first-order valence-electron chi connectivity index (χ1n) is 1.08. The van der Waals surface area contributed by atoms with Gasteiger partial charge in [0.25, 0.3) is 0 Å². The number of nitrogens with one attached hydrogen (secondary N) is 2. The summed E-state index contributed by atoms with van der Waals surface area (Å²) in [6, 6.07) is 0. The summed E-state index contributed by atoms with van der Waals surface area (Å²) in [7, 11) is -1.60. The molecule has 0 heterocycles. The number of hydrogen-bond donors (Lipinski definition) is 4. The molecule has 0 atom stereocenters. The van der Waals surface area contributed by atoms with E-state index in [1.165, 1.54) is 0 Å². The Morgan fingerprint density at radius 3 is 2.00 bits per heavy atom. The normalized spacial score (nSPS) is 6.60. The van der Waals surface area contributed by atoms with Crippen molar-refractivity contribution in [3.05, 3.63) is 0 Å². The highest BCUT2D eigenvalue weighted by molar-refractivity contribution is 6.36. The monoisotopic (exact) mass is 90.0 g/mol. The van der Waals surface area contributed by atoms with Gasteiger partial charge in [-0.05, 0) is 0 Å². The van der Waals surface area contributed by atoms with Crippen LogP contribution in [0.1, 0.15) is 0 Å². The summed E-state index contributed by atoms with van der Waals surface area (Å²) in [5.41, 5.74) is 0. The Hall–Kier alpha value is -0.423. The van der Waals surface area contributed by atoms with Crippen LogP contribution in [0.2, 0.25) is 0 Å². The number of nitrogens with two attached hydrogens (primary N) is 2. The molecule has 5 heteroatoms. The summed E-state index contributed by atoms with van der Waals surface area (Å²) in [6.45, 7) is 0. The van der Waals surface area contributed by atoms with Gasteiger partial charge in [0.1, 0.15) is 0 Å². The average molecular weight is 90.2 g/mol. The van der Waals surface area contributed by atoms with E-state index in [1.807, 2.05) is 0 Å². The highest BCUT2D eigenvalue weighted by Crippen LogP contribution is 1.20. The van der Waals surface area contributed by atoms with Crippen molar-refractivity contribution < 1.29 is 0 Å². The molecule has 0 spiro atoms. The van der Waals surface area contributed by atoms with Gasteiger partial charge >= 0.3 is 8.91 Å². The third-order valence-corrected chi connectivity index (χ3v) is 0.467. The van der Waals surface area contributed by atoms with Gasteiger partial charge in [0, 0.05) is 0 Å². The van der Waals surface area contributed by atoms with Crippen molar-refractivity contribution >= 4 is 8.91 Å². The van der Waals surface area contributed by atoms with Gasteiger partial charge in [-0.15, -0.1) is 0 Å². The lowest BCUT2D eigenvalue weighted by atomic mass is 13.0. The third kappa shape index (κ3) is 3.58. The molecule has 0 aliphatic carbocycles. The van der Waals surface area contributed by atoms with E-state index in [1.54, 1.807) is 0 Å². The average Bonchev–Trinajstić information content (AvgIpc) is 1.38. The molecule has 0 fully saturated rings. The van der Waals surface area contributed by atoms with Gasteiger partial charge in [-0.1, -0.05) is 0 Å². The standard InChI is InChI=1S/H6N4Si/c1-4-5(2)3/h2,4H,1,3H2. The Morgan fingerprint density at radius 1 is 1.80 bits per heavy atom.